The first kappa shape index (κ1) is 14.6. The monoisotopic (exact) mass is 228 g/mol. The normalized spacial score (nSPS) is 16.9. The highest BCUT2D eigenvalue weighted by atomic mass is 28.4. The summed E-state index contributed by atoms with van der Waals surface area (Å²) in [6.07, 6.45) is 3.21. The van der Waals surface area contributed by atoms with Gasteiger partial charge in [0.05, 0.1) is 0 Å². The van der Waals surface area contributed by atoms with Gasteiger partial charge in [-0.2, -0.15) is 0 Å². The van der Waals surface area contributed by atoms with Gasteiger partial charge in [-0.25, -0.2) is 0 Å². The fraction of sp³-hybridized carbons (Fsp3) is 0.750. The maximum atomic E-state index is 11.1. The molecule has 0 radical (unpaired) electrons. The van der Waals surface area contributed by atoms with Crippen molar-refractivity contribution >= 4 is 14.6 Å². The minimum absolute atomic E-state index is 0.123. The van der Waals surface area contributed by atoms with E-state index in [0.717, 1.165) is 6.29 Å². The van der Waals surface area contributed by atoms with Crippen LogP contribution in [0.1, 0.15) is 34.1 Å². The Bertz CT molecular complexity index is 240. The van der Waals surface area contributed by atoms with E-state index in [2.05, 4.69) is 40.4 Å². The van der Waals surface area contributed by atoms with Gasteiger partial charge >= 0.3 is 0 Å². The Morgan fingerprint density at radius 1 is 1.27 bits per heavy atom. The lowest BCUT2D eigenvalue weighted by atomic mass is 10.1. The zero-order valence-electron chi connectivity index (χ0n) is 10.9. The molecule has 0 rings (SSSR count). The van der Waals surface area contributed by atoms with Gasteiger partial charge in [-0.15, -0.1) is 6.58 Å². The summed E-state index contributed by atoms with van der Waals surface area (Å²) in [5.74, 6) is 0. The van der Waals surface area contributed by atoms with E-state index in [-0.39, 0.29) is 5.04 Å². The van der Waals surface area contributed by atoms with Gasteiger partial charge in [-0.05, 0) is 31.5 Å². The van der Waals surface area contributed by atoms with E-state index < -0.39 is 13.9 Å². The Balaban J connectivity index is 4.82. The average Bonchev–Trinajstić information content (AvgIpc) is 2.01. The summed E-state index contributed by atoms with van der Waals surface area (Å²) in [7, 11) is -1.88. The van der Waals surface area contributed by atoms with E-state index >= 15 is 0 Å². The topological polar surface area (TPSA) is 26.3 Å². The highest BCUT2D eigenvalue weighted by Crippen LogP contribution is 2.39. The van der Waals surface area contributed by atoms with Crippen molar-refractivity contribution in [3.8, 4) is 0 Å². The van der Waals surface area contributed by atoms with E-state index in [1.807, 2.05) is 6.92 Å². The highest BCUT2D eigenvalue weighted by molar-refractivity contribution is 6.74. The molecule has 0 aliphatic rings. The van der Waals surface area contributed by atoms with Gasteiger partial charge in [0.25, 0.3) is 0 Å². The number of rotatable bonds is 5. The van der Waals surface area contributed by atoms with Crippen molar-refractivity contribution in [3.05, 3.63) is 12.7 Å². The van der Waals surface area contributed by atoms with E-state index in [0.29, 0.717) is 6.42 Å². The predicted octanol–water partition coefficient (Wildman–Crippen LogP) is 3.54. The summed E-state index contributed by atoms with van der Waals surface area (Å²) in [5.41, 5.74) is -0.704. The van der Waals surface area contributed by atoms with Crippen molar-refractivity contribution in [2.75, 3.05) is 0 Å². The van der Waals surface area contributed by atoms with Crippen molar-refractivity contribution in [1.82, 2.24) is 0 Å². The molecule has 0 heterocycles. The fourth-order valence-corrected chi connectivity index (χ4v) is 2.74. The second-order valence-corrected chi connectivity index (χ2v) is 10.5. The van der Waals surface area contributed by atoms with Gasteiger partial charge in [-0.1, -0.05) is 26.8 Å². The third-order valence-corrected chi connectivity index (χ3v) is 7.68. The van der Waals surface area contributed by atoms with E-state index in [1.165, 1.54) is 0 Å². The summed E-state index contributed by atoms with van der Waals surface area (Å²) in [5, 5.41) is 0.123. The Morgan fingerprint density at radius 3 is 2.00 bits per heavy atom. The minimum Gasteiger partial charge on any atom is -0.405 e. The second-order valence-electron chi connectivity index (χ2n) is 5.79. The first-order chi connectivity index (χ1) is 6.58. The number of carbonyl (C=O) groups excluding carboxylic acids is 1. The van der Waals surface area contributed by atoms with Crippen LogP contribution in [0.25, 0.3) is 0 Å². The molecule has 0 unspecified atom stereocenters. The molecule has 0 aromatic rings. The zero-order valence-corrected chi connectivity index (χ0v) is 11.9. The third kappa shape index (κ3) is 3.91. The number of hydrogen-bond acceptors (Lipinski definition) is 2. The Labute approximate surface area is 94.8 Å². The number of carbonyl (C=O) groups is 1. The molecule has 3 heteroatoms. The Morgan fingerprint density at radius 2 is 1.73 bits per heavy atom. The van der Waals surface area contributed by atoms with Gasteiger partial charge in [-0.3, -0.25) is 0 Å². The first-order valence-corrected chi connectivity index (χ1v) is 8.26. The molecule has 0 fully saturated rings. The van der Waals surface area contributed by atoms with Gasteiger partial charge < -0.3 is 9.22 Å². The maximum Gasteiger partial charge on any atom is 0.193 e. The van der Waals surface area contributed by atoms with E-state index in [9.17, 15) is 4.79 Å². The summed E-state index contributed by atoms with van der Waals surface area (Å²) >= 11 is 0. The van der Waals surface area contributed by atoms with Crippen LogP contribution in [-0.2, 0) is 9.22 Å². The van der Waals surface area contributed by atoms with Crippen LogP contribution < -0.4 is 0 Å². The van der Waals surface area contributed by atoms with Crippen molar-refractivity contribution in [2.45, 2.75) is 57.8 Å². The molecule has 0 aromatic heterocycles. The molecular formula is C12H24O2Si. The lowest BCUT2D eigenvalue weighted by Crippen LogP contribution is -2.49. The molecule has 0 aliphatic carbocycles. The van der Waals surface area contributed by atoms with Crippen LogP contribution in [0.5, 0.6) is 0 Å². The molecule has 0 saturated carbocycles. The molecule has 0 aliphatic heterocycles. The van der Waals surface area contributed by atoms with Crippen molar-refractivity contribution in [2.24, 2.45) is 0 Å². The van der Waals surface area contributed by atoms with Gasteiger partial charge in [0, 0.05) is 0 Å². The smallest absolute Gasteiger partial charge is 0.193 e. The molecule has 0 saturated heterocycles. The van der Waals surface area contributed by atoms with Crippen LogP contribution in [0.15, 0.2) is 12.7 Å². The number of aldehydes is 1. The fourth-order valence-electron chi connectivity index (χ4n) is 1.14. The van der Waals surface area contributed by atoms with Crippen LogP contribution in [0.3, 0.4) is 0 Å². The molecular weight excluding hydrogens is 204 g/mol. The summed E-state index contributed by atoms with van der Waals surface area (Å²) in [4.78, 5) is 11.1. The lowest BCUT2D eigenvalue weighted by molar-refractivity contribution is -0.120. The van der Waals surface area contributed by atoms with Crippen LogP contribution in [0.2, 0.25) is 18.1 Å². The third-order valence-electron chi connectivity index (χ3n) is 3.09. The standard InChI is InChI=1S/C12H24O2Si/c1-8-9-12(5,10-13)14-15(6,7)11(2,3)4/h8,10H,1,9H2,2-7H3/t12-/m0/s1. The summed E-state index contributed by atoms with van der Waals surface area (Å²) < 4.78 is 6.08. The molecule has 15 heavy (non-hydrogen) atoms. The van der Waals surface area contributed by atoms with E-state index in [4.69, 9.17) is 4.43 Å². The first-order valence-electron chi connectivity index (χ1n) is 5.35. The van der Waals surface area contributed by atoms with Crippen LogP contribution in [-0.4, -0.2) is 20.2 Å². The summed E-state index contributed by atoms with van der Waals surface area (Å²) in [6.45, 7) is 16.3. The quantitative estimate of drug-likeness (QED) is 0.409. The minimum atomic E-state index is -1.88. The predicted molar refractivity (Wildman–Crippen MR) is 67.6 cm³/mol. The Kier molecular flexibility index (Phi) is 4.49. The zero-order chi connectivity index (χ0) is 12.3. The molecule has 88 valence electrons. The van der Waals surface area contributed by atoms with Crippen LogP contribution in [0, 0.1) is 0 Å². The molecule has 1 atom stereocenters. The van der Waals surface area contributed by atoms with Crippen molar-refractivity contribution in [3.63, 3.8) is 0 Å². The lowest BCUT2D eigenvalue weighted by Gasteiger charge is -2.41. The van der Waals surface area contributed by atoms with Gasteiger partial charge in [0.1, 0.15) is 5.60 Å². The average molecular weight is 228 g/mol. The van der Waals surface area contributed by atoms with Crippen LogP contribution in [0.4, 0.5) is 0 Å². The SMILES string of the molecule is C=CC[C@@](C)(C=O)O[Si](C)(C)C(C)(C)C. The van der Waals surface area contributed by atoms with Crippen molar-refractivity contribution in [1.29, 1.82) is 0 Å². The van der Waals surface area contributed by atoms with Crippen molar-refractivity contribution < 1.29 is 9.22 Å². The molecule has 0 amide bonds. The van der Waals surface area contributed by atoms with Gasteiger partial charge in [0.2, 0.25) is 0 Å². The molecule has 2 nitrogen and oxygen atoms in total. The van der Waals surface area contributed by atoms with Gasteiger partial charge in [0.15, 0.2) is 14.6 Å². The molecule has 0 aromatic carbocycles. The summed E-state index contributed by atoms with van der Waals surface area (Å²) in [6, 6.07) is 0. The maximum absolute atomic E-state index is 11.1. The second kappa shape index (κ2) is 4.62. The Hall–Kier alpha value is -0.413. The largest absolute Gasteiger partial charge is 0.405 e. The molecule has 0 spiro atoms. The molecule has 0 bridgehead atoms. The number of hydrogen-bond donors (Lipinski definition) is 0. The molecule has 0 N–H and O–H groups in total. The highest BCUT2D eigenvalue weighted by Gasteiger charge is 2.42. The van der Waals surface area contributed by atoms with Crippen LogP contribution >= 0.6 is 0 Å². The van der Waals surface area contributed by atoms with E-state index in [1.54, 1.807) is 6.08 Å².